The number of carboxylic acids is 1. The maximum atomic E-state index is 10.7. The van der Waals surface area contributed by atoms with Crippen LogP contribution < -0.4 is 0 Å². The number of rotatable bonds is 12. The van der Waals surface area contributed by atoms with E-state index in [9.17, 15) is 9.90 Å². The first-order valence-electron chi connectivity index (χ1n) is 7.35. The molecule has 112 valence electrons. The van der Waals surface area contributed by atoms with E-state index in [1.165, 1.54) is 0 Å². The van der Waals surface area contributed by atoms with Gasteiger partial charge in [-0.25, -0.2) is 0 Å². The lowest BCUT2D eigenvalue weighted by molar-refractivity contribution is -0.927. The molecule has 2 N–H and O–H groups in total. The maximum Gasteiger partial charge on any atom is 0.309 e. The second-order valence-electron chi connectivity index (χ2n) is 5.25. The SMILES string of the molecule is C=CCCCCC(O)C[N+](CC)(CC)CCC(=O)O. The highest BCUT2D eigenvalue weighted by Crippen LogP contribution is 2.13. The van der Waals surface area contributed by atoms with Gasteiger partial charge in [-0.3, -0.25) is 4.79 Å². The molecule has 0 aromatic rings. The van der Waals surface area contributed by atoms with Gasteiger partial charge in [0.15, 0.2) is 0 Å². The van der Waals surface area contributed by atoms with Gasteiger partial charge in [-0.2, -0.15) is 0 Å². The molecular weight excluding hydrogens is 242 g/mol. The van der Waals surface area contributed by atoms with Crippen molar-refractivity contribution in [2.24, 2.45) is 0 Å². The molecule has 0 amide bonds. The fourth-order valence-electron chi connectivity index (χ4n) is 2.43. The average Bonchev–Trinajstić information content (AvgIpc) is 2.39. The molecule has 0 saturated heterocycles. The lowest BCUT2D eigenvalue weighted by Crippen LogP contribution is -2.53. The Hall–Kier alpha value is -0.870. The molecule has 0 fully saturated rings. The fraction of sp³-hybridized carbons (Fsp3) is 0.800. The smallest absolute Gasteiger partial charge is 0.309 e. The number of carboxylic acid groups (broad SMARTS) is 1. The van der Waals surface area contributed by atoms with Crippen LogP contribution in [-0.4, -0.2) is 52.9 Å². The lowest BCUT2D eigenvalue weighted by Gasteiger charge is -2.38. The van der Waals surface area contributed by atoms with Crippen LogP contribution in [0.15, 0.2) is 12.7 Å². The first-order valence-corrected chi connectivity index (χ1v) is 7.35. The van der Waals surface area contributed by atoms with E-state index in [2.05, 4.69) is 20.4 Å². The highest BCUT2D eigenvalue weighted by molar-refractivity contribution is 5.66. The first-order chi connectivity index (χ1) is 8.99. The summed E-state index contributed by atoms with van der Waals surface area (Å²) < 4.78 is 0.689. The summed E-state index contributed by atoms with van der Waals surface area (Å²) in [5.74, 6) is -0.759. The van der Waals surface area contributed by atoms with Crippen molar-refractivity contribution in [2.75, 3.05) is 26.2 Å². The molecule has 0 spiro atoms. The number of aliphatic hydroxyl groups excluding tert-OH is 1. The zero-order chi connectivity index (χ0) is 14.7. The first kappa shape index (κ1) is 18.1. The molecular formula is C15H30NO3+. The quantitative estimate of drug-likeness (QED) is 0.326. The molecule has 0 heterocycles. The molecule has 19 heavy (non-hydrogen) atoms. The predicted octanol–water partition coefficient (Wildman–Crippen LogP) is 2.42. The summed E-state index contributed by atoms with van der Waals surface area (Å²) in [5, 5.41) is 18.9. The number of hydrogen-bond acceptors (Lipinski definition) is 2. The third-order valence-electron chi connectivity index (χ3n) is 3.94. The Bertz CT molecular complexity index is 262. The zero-order valence-corrected chi connectivity index (χ0v) is 12.5. The summed E-state index contributed by atoms with van der Waals surface area (Å²) in [4.78, 5) is 10.7. The Morgan fingerprint density at radius 3 is 2.42 bits per heavy atom. The number of carbonyl (C=O) groups is 1. The highest BCUT2D eigenvalue weighted by Gasteiger charge is 2.27. The Labute approximate surface area is 117 Å². The van der Waals surface area contributed by atoms with Crippen molar-refractivity contribution in [3.8, 4) is 0 Å². The molecule has 0 radical (unpaired) electrons. The summed E-state index contributed by atoms with van der Waals surface area (Å²) >= 11 is 0. The molecule has 1 atom stereocenters. The number of aliphatic hydroxyl groups is 1. The van der Waals surface area contributed by atoms with Crippen LogP contribution in [0, 0.1) is 0 Å². The molecule has 0 saturated carbocycles. The van der Waals surface area contributed by atoms with E-state index in [1.54, 1.807) is 0 Å². The molecule has 0 bridgehead atoms. The number of aliphatic carboxylic acids is 1. The van der Waals surface area contributed by atoms with Gasteiger partial charge in [0.2, 0.25) is 0 Å². The zero-order valence-electron chi connectivity index (χ0n) is 12.5. The van der Waals surface area contributed by atoms with Crippen molar-refractivity contribution < 1.29 is 19.5 Å². The summed E-state index contributed by atoms with van der Waals surface area (Å²) in [6, 6.07) is 0. The minimum absolute atomic E-state index is 0.171. The summed E-state index contributed by atoms with van der Waals surface area (Å²) in [6.07, 6.45) is 5.59. The number of quaternary nitrogens is 1. The second-order valence-corrected chi connectivity index (χ2v) is 5.25. The van der Waals surface area contributed by atoms with Gasteiger partial charge in [-0.15, -0.1) is 6.58 Å². The number of allylic oxidation sites excluding steroid dienone is 1. The van der Waals surface area contributed by atoms with E-state index < -0.39 is 5.97 Å². The minimum atomic E-state index is -0.759. The van der Waals surface area contributed by atoms with Gasteiger partial charge in [0.1, 0.15) is 12.6 Å². The van der Waals surface area contributed by atoms with Crippen LogP contribution in [0.5, 0.6) is 0 Å². The average molecular weight is 272 g/mol. The van der Waals surface area contributed by atoms with Crippen LogP contribution in [0.3, 0.4) is 0 Å². The van der Waals surface area contributed by atoms with Gasteiger partial charge in [-0.05, 0) is 33.1 Å². The van der Waals surface area contributed by atoms with Crippen molar-refractivity contribution in [3.05, 3.63) is 12.7 Å². The van der Waals surface area contributed by atoms with Crippen LogP contribution in [0.2, 0.25) is 0 Å². The molecule has 0 aliphatic rings. The van der Waals surface area contributed by atoms with Gasteiger partial charge >= 0.3 is 5.97 Å². The largest absolute Gasteiger partial charge is 0.481 e. The summed E-state index contributed by atoms with van der Waals surface area (Å²) in [6.45, 7) is 10.8. The van der Waals surface area contributed by atoms with E-state index in [4.69, 9.17) is 5.11 Å². The van der Waals surface area contributed by atoms with Gasteiger partial charge in [0, 0.05) is 0 Å². The molecule has 0 aromatic carbocycles. The van der Waals surface area contributed by atoms with Gasteiger partial charge in [0.05, 0.1) is 26.1 Å². The molecule has 1 unspecified atom stereocenters. The minimum Gasteiger partial charge on any atom is -0.481 e. The Kier molecular flexibility index (Phi) is 9.53. The van der Waals surface area contributed by atoms with Gasteiger partial charge in [0.25, 0.3) is 0 Å². The monoisotopic (exact) mass is 272 g/mol. The Morgan fingerprint density at radius 1 is 1.32 bits per heavy atom. The van der Waals surface area contributed by atoms with Crippen molar-refractivity contribution in [1.29, 1.82) is 0 Å². The molecule has 4 nitrogen and oxygen atoms in total. The Balaban J connectivity index is 4.22. The number of hydrogen-bond donors (Lipinski definition) is 2. The molecule has 0 aliphatic carbocycles. The van der Waals surface area contributed by atoms with Crippen molar-refractivity contribution in [1.82, 2.24) is 0 Å². The van der Waals surface area contributed by atoms with E-state index in [0.29, 0.717) is 17.6 Å². The van der Waals surface area contributed by atoms with Gasteiger partial charge in [-0.1, -0.05) is 12.5 Å². The lowest BCUT2D eigenvalue weighted by atomic mass is 10.1. The standard InChI is InChI=1S/C15H29NO3/c1-4-7-8-9-10-14(17)13-16(5-2,6-3)12-11-15(18)19/h4,14,17H,1,5-13H2,2-3H3/p+1. The summed E-state index contributed by atoms with van der Waals surface area (Å²) in [5.41, 5.74) is 0. The molecule has 4 heteroatoms. The summed E-state index contributed by atoms with van der Waals surface area (Å²) in [7, 11) is 0. The van der Waals surface area contributed by atoms with Crippen molar-refractivity contribution in [2.45, 2.75) is 52.1 Å². The molecule has 0 aromatic heterocycles. The molecule has 0 aliphatic heterocycles. The molecule has 0 rings (SSSR count). The van der Waals surface area contributed by atoms with Crippen molar-refractivity contribution in [3.63, 3.8) is 0 Å². The third kappa shape index (κ3) is 8.01. The number of nitrogens with zero attached hydrogens (tertiary/aromatic N) is 1. The van der Waals surface area contributed by atoms with Crippen LogP contribution in [0.4, 0.5) is 0 Å². The number of likely N-dealkylation sites (N-methyl/N-ethyl adjacent to an activating group) is 1. The fourth-order valence-corrected chi connectivity index (χ4v) is 2.43. The van der Waals surface area contributed by atoms with Crippen molar-refractivity contribution >= 4 is 5.97 Å². The van der Waals surface area contributed by atoms with E-state index in [-0.39, 0.29) is 12.5 Å². The van der Waals surface area contributed by atoms with E-state index >= 15 is 0 Å². The normalized spacial score (nSPS) is 13.2. The Morgan fingerprint density at radius 2 is 1.95 bits per heavy atom. The third-order valence-corrected chi connectivity index (χ3v) is 3.94. The van der Waals surface area contributed by atoms with Crippen LogP contribution in [0.25, 0.3) is 0 Å². The maximum absolute atomic E-state index is 10.7. The predicted molar refractivity (Wildman–Crippen MR) is 78.0 cm³/mol. The van der Waals surface area contributed by atoms with Crippen LogP contribution >= 0.6 is 0 Å². The highest BCUT2D eigenvalue weighted by atomic mass is 16.4. The topological polar surface area (TPSA) is 57.5 Å². The van der Waals surface area contributed by atoms with E-state index in [1.807, 2.05) is 6.08 Å². The van der Waals surface area contributed by atoms with Crippen LogP contribution in [-0.2, 0) is 4.79 Å². The van der Waals surface area contributed by atoms with Gasteiger partial charge < -0.3 is 14.7 Å². The number of unbranched alkanes of at least 4 members (excludes halogenated alkanes) is 2. The van der Waals surface area contributed by atoms with E-state index in [0.717, 1.165) is 38.8 Å². The van der Waals surface area contributed by atoms with Crippen LogP contribution in [0.1, 0.15) is 46.0 Å². The second kappa shape index (κ2) is 9.98.